The van der Waals surface area contributed by atoms with Crippen molar-refractivity contribution in [3.05, 3.63) is 47.2 Å². The predicted octanol–water partition coefficient (Wildman–Crippen LogP) is 1.60. The van der Waals surface area contributed by atoms with Gasteiger partial charge in [-0.15, -0.1) is 0 Å². The highest BCUT2D eigenvalue weighted by atomic mass is 35.5. The molecule has 1 aliphatic rings. The fraction of sp³-hybridized carbons (Fsp3) is 0.444. The van der Waals surface area contributed by atoms with Crippen LogP contribution < -0.4 is 10.5 Å². The lowest BCUT2D eigenvalue weighted by atomic mass is 9.97. The Balaban J connectivity index is 1.69. The van der Waals surface area contributed by atoms with E-state index in [-0.39, 0.29) is 13.0 Å². The molecule has 1 unspecified atom stereocenters. The molecule has 0 spiro atoms. The molecule has 1 atom stereocenters. The fourth-order valence-corrected chi connectivity index (χ4v) is 3.35. The van der Waals surface area contributed by atoms with Gasteiger partial charge in [0.1, 0.15) is 18.0 Å². The molecule has 0 saturated carbocycles. The number of nitrogens with zero attached hydrogens (tertiary/aromatic N) is 3. The molecule has 1 aromatic heterocycles. The van der Waals surface area contributed by atoms with Crippen LogP contribution in [0, 0.1) is 0 Å². The minimum absolute atomic E-state index is 0.0896. The second-order valence-corrected chi connectivity index (χ2v) is 7.05. The van der Waals surface area contributed by atoms with Crippen molar-refractivity contribution in [3.63, 3.8) is 0 Å². The quantitative estimate of drug-likeness (QED) is 0.791. The number of hydrogen-bond acceptors (Lipinski definition) is 5. The molecule has 1 fully saturated rings. The van der Waals surface area contributed by atoms with Crippen LogP contribution in [0.3, 0.4) is 0 Å². The highest BCUT2D eigenvalue weighted by molar-refractivity contribution is 6.30. The van der Waals surface area contributed by atoms with Gasteiger partial charge in [-0.1, -0.05) is 17.7 Å². The van der Waals surface area contributed by atoms with Crippen molar-refractivity contribution in [1.29, 1.82) is 0 Å². The molecule has 7 nitrogen and oxygen atoms in total. The summed E-state index contributed by atoms with van der Waals surface area (Å²) in [5.41, 5.74) is 5.65. The number of rotatable bonds is 7. The number of carbonyl (C=O) groups is 1. The summed E-state index contributed by atoms with van der Waals surface area (Å²) in [6, 6.07) is 9.12. The molecule has 26 heavy (non-hydrogen) atoms. The van der Waals surface area contributed by atoms with Gasteiger partial charge in [-0.25, -0.2) is 0 Å². The van der Waals surface area contributed by atoms with Gasteiger partial charge in [-0.3, -0.25) is 14.4 Å². The summed E-state index contributed by atoms with van der Waals surface area (Å²) in [6.07, 6.45) is 2.00. The van der Waals surface area contributed by atoms with Crippen molar-refractivity contribution >= 4 is 17.5 Å². The normalized spacial score (nSPS) is 20.8. The number of nitrogens with two attached hydrogens (primary N) is 1. The Morgan fingerprint density at radius 1 is 1.46 bits per heavy atom. The van der Waals surface area contributed by atoms with Crippen LogP contribution in [-0.2, 0) is 23.1 Å². The number of benzene rings is 1. The maximum Gasteiger partial charge on any atom is 0.220 e. The fourth-order valence-electron chi connectivity index (χ4n) is 3.17. The van der Waals surface area contributed by atoms with E-state index in [1.165, 1.54) is 0 Å². The standard InChI is InChI=1S/C18H23ClN4O3/c1-22-6-5-15(21-22)11-23-7-8-26-18(12-23,10-17(20)24)13-25-16-4-2-3-14(19)9-16/h2-6,9H,7-8,10-13H2,1H3,(H2,20,24). The van der Waals surface area contributed by atoms with Crippen molar-refractivity contribution in [3.8, 4) is 5.75 Å². The maximum absolute atomic E-state index is 11.6. The lowest BCUT2D eigenvalue weighted by molar-refractivity contribution is -0.148. The molecule has 0 radical (unpaired) electrons. The topological polar surface area (TPSA) is 82.6 Å². The maximum atomic E-state index is 11.6. The summed E-state index contributed by atoms with van der Waals surface area (Å²) in [7, 11) is 1.89. The summed E-state index contributed by atoms with van der Waals surface area (Å²) in [5.74, 6) is 0.214. The summed E-state index contributed by atoms with van der Waals surface area (Å²) in [4.78, 5) is 13.8. The number of primary amides is 1. The molecule has 1 amide bonds. The third-order valence-electron chi connectivity index (χ3n) is 4.28. The first kappa shape index (κ1) is 18.7. The Labute approximate surface area is 157 Å². The average molecular weight is 379 g/mol. The molecule has 2 heterocycles. The second-order valence-electron chi connectivity index (χ2n) is 6.61. The molecule has 0 bridgehead atoms. The van der Waals surface area contributed by atoms with Gasteiger partial charge < -0.3 is 15.2 Å². The van der Waals surface area contributed by atoms with Gasteiger partial charge in [0, 0.05) is 37.9 Å². The lowest BCUT2D eigenvalue weighted by Gasteiger charge is -2.41. The number of morpholine rings is 1. The number of aryl methyl sites for hydroxylation is 1. The highest BCUT2D eigenvalue weighted by Crippen LogP contribution is 2.26. The van der Waals surface area contributed by atoms with E-state index in [1.54, 1.807) is 16.8 Å². The molecule has 3 rings (SSSR count). The van der Waals surface area contributed by atoms with Gasteiger partial charge in [-0.2, -0.15) is 5.10 Å². The van der Waals surface area contributed by atoms with E-state index in [0.29, 0.717) is 30.5 Å². The zero-order chi connectivity index (χ0) is 18.6. The van der Waals surface area contributed by atoms with E-state index in [1.807, 2.05) is 31.4 Å². The molecule has 1 aliphatic heterocycles. The van der Waals surface area contributed by atoms with Gasteiger partial charge >= 0.3 is 0 Å². The Morgan fingerprint density at radius 2 is 2.31 bits per heavy atom. The summed E-state index contributed by atoms with van der Waals surface area (Å²) >= 11 is 6.00. The van der Waals surface area contributed by atoms with Crippen molar-refractivity contribution in [2.24, 2.45) is 12.8 Å². The second kappa shape index (κ2) is 8.07. The van der Waals surface area contributed by atoms with Gasteiger partial charge in [0.25, 0.3) is 0 Å². The number of halogens is 1. The van der Waals surface area contributed by atoms with Crippen LogP contribution in [-0.4, -0.2) is 52.5 Å². The van der Waals surface area contributed by atoms with Crippen molar-refractivity contribution < 1.29 is 14.3 Å². The van der Waals surface area contributed by atoms with E-state index >= 15 is 0 Å². The zero-order valence-electron chi connectivity index (χ0n) is 14.7. The monoisotopic (exact) mass is 378 g/mol. The van der Waals surface area contributed by atoms with Gasteiger partial charge in [0.2, 0.25) is 5.91 Å². The SMILES string of the molecule is Cn1ccc(CN2CCOC(COc3cccc(Cl)c3)(CC(N)=O)C2)n1. The summed E-state index contributed by atoms with van der Waals surface area (Å²) < 4.78 is 13.6. The van der Waals surface area contributed by atoms with E-state index in [9.17, 15) is 4.79 Å². The van der Waals surface area contributed by atoms with Crippen LogP contribution in [0.4, 0.5) is 0 Å². The average Bonchev–Trinajstić information content (AvgIpc) is 2.98. The Morgan fingerprint density at radius 3 is 3.00 bits per heavy atom. The summed E-state index contributed by atoms with van der Waals surface area (Å²) in [6.45, 7) is 2.69. The molecule has 1 aromatic carbocycles. The lowest BCUT2D eigenvalue weighted by Crippen LogP contribution is -2.56. The van der Waals surface area contributed by atoms with E-state index in [2.05, 4.69) is 10.00 Å². The predicted molar refractivity (Wildman–Crippen MR) is 97.9 cm³/mol. The molecule has 2 N–H and O–H groups in total. The highest BCUT2D eigenvalue weighted by Gasteiger charge is 2.39. The molecule has 1 saturated heterocycles. The number of carbonyl (C=O) groups excluding carboxylic acids is 1. The van der Waals surface area contributed by atoms with Gasteiger partial charge in [0.15, 0.2) is 0 Å². The first-order valence-corrected chi connectivity index (χ1v) is 8.83. The van der Waals surface area contributed by atoms with Crippen LogP contribution in [0.25, 0.3) is 0 Å². The molecular weight excluding hydrogens is 356 g/mol. The van der Waals surface area contributed by atoms with Gasteiger partial charge in [0.05, 0.1) is 18.7 Å². The molecule has 8 heteroatoms. The van der Waals surface area contributed by atoms with Crippen LogP contribution in [0.1, 0.15) is 12.1 Å². The van der Waals surface area contributed by atoms with E-state index in [0.717, 1.165) is 12.2 Å². The minimum Gasteiger partial charge on any atom is -0.490 e. The molecule has 0 aliphatic carbocycles. The largest absolute Gasteiger partial charge is 0.490 e. The summed E-state index contributed by atoms with van der Waals surface area (Å²) in [5, 5.41) is 5.00. The van der Waals surface area contributed by atoms with Crippen LogP contribution in [0.5, 0.6) is 5.75 Å². The number of amides is 1. The Hall–Kier alpha value is -2.09. The van der Waals surface area contributed by atoms with Crippen molar-refractivity contribution in [2.75, 3.05) is 26.3 Å². The molecular formula is C18H23ClN4O3. The smallest absolute Gasteiger partial charge is 0.220 e. The van der Waals surface area contributed by atoms with Crippen molar-refractivity contribution in [2.45, 2.75) is 18.6 Å². The van der Waals surface area contributed by atoms with E-state index < -0.39 is 11.5 Å². The number of hydrogen-bond donors (Lipinski definition) is 1. The van der Waals surface area contributed by atoms with Crippen LogP contribution in [0.2, 0.25) is 5.02 Å². The molecule has 2 aromatic rings. The number of ether oxygens (including phenoxy) is 2. The van der Waals surface area contributed by atoms with Crippen molar-refractivity contribution in [1.82, 2.24) is 14.7 Å². The van der Waals surface area contributed by atoms with Gasteiger partial charge in [-0.05, 0) is 24.3 Å². The Bertz CT molecular complexity index is 766. The third kappa shape index (κ3) is 4.97. The Kier molecular flexibility index (Phi) is 5.80. The van der Waals surface area contributed by atoms with Crippen LogP contribution >= 0.6 is 11.6 Å². The van der Waals surface area contributed by atoms with E-state index in [4.69, 9.17) is 26.8 Å². The van der Waals surface area contributed by atoms with Crippen LogP contribution in [0.15, 0.2) is 36.5 Å². The first-order chi connectivity index (χ1) is 12.4. The molecule has 140 valence electrons. The first-order valence-electron chi connectivity index (χ1n) is 8.46. The number of aromatic nitrogens is 2. The zero-order valence-corrected chi connectivity index (χ0v) is 15.5. The minimum atomic E-state index is -0.790. The third-order valence-corrected chi connectivity index (χ3v) is 4.51.